The van der Waals surface area contributed by atoms with Crippen LogP contribution >= 0.6 is 0 Å². The highest BCUT2D eigenvalue weighted by atomic mass is 16.5. The van der Waals surface area contributed by atoms with E-state index >= 15 is 0 Å². The number of carbonyl (C=O) groups is 1. The number of pyridine rings is 1. The van der Waals surface area contributed by atoms with Gasteiger partial charge in [0.25, 0.3) is 5.91 Å². The summed E-state index contributed by atoms with van der Waals surface area (Å²) in [6.07, 6.45) is 3.36. The van der Waals surface area contributed by atoms with E-state index < -0.39 is 0 Å². The van der Waals surface area contributed by atoms with Crippen molar-refractivity contribution in [3.05, 3.63) is 53.3 Å². The van der Waals surface area contributed by atoms with Crippen molar-refractivity contribution < 1.29 is 9.53 Å². The van der Waals surface area contributed by atoms with E-state index in [0.29, 0.717) is 31.9 Å². The van der Waals surface area contributed by atoms with Gasteiger partial charge >= 0.3 is 0 Å². The zero-order valence-electron chi connectivity index (χ0n) is 13.5. The molecule has 2 heterocycles. The van der Waals surface area contributed by atoms with Crippen molar-refractivity contribution in [3.63, 3.8) is 0 Å². The fourth-order valence-electron chi connectivity index (χ4n) is 2.73. The number of aryl methyl sites for hydroxylation is 2. The predicted molar refractivity (Wildman–Crippen MR) is 90.2 cm³/mol. The number of ether oxygens (including phenoxy) is 1. The third kappa shape index (κ3) is 3.51. The van der Waals surface area contributed by atoms with Crippen molar-refractivity contribution in [2.24, 2.45) is 0 Å². The van der Waals surface area contributed by atoms with E-state index in [0.717, 1.165) is 22.5 Å². The Morgan fingerprint density at radius 2 is 1.87 bits per heavy atom. The number of morpholine rings is 1. The molecule has 0 spiro atoms. The number of amides is 1. The first-order valence-electron chi connectivity index (χ1n) is 7.80. The first-order valence-corrected chi connectivity index (χ1v) is 7.80. The molecule has 5 heteroatoms. The van der Waals surface area contributed by atoms with Crippen LogP contribution in [-0.2, 0) is 4.74 Å². The monoisotopic (exact) mass is 311 g/mol. The largest absolute Gasteiger partial charge is 0.378 e. The molecule has 1 N–H and O–H groups in total. The number of hydrogen-bond donors (Lipinski definition) is 1. The van der Waals surface area contributed by atoms with Gasteiger partial charge in [0, 0.05) is 25.0 Å². The van der Waals surface area contributed by atoms with Gasteiger partial charge in [-0.2, -0.15) is 0 Å². The van der Waals surface area contributed by atoms with Crippen LogP contribution in [0, 0.1) is 13.8 Å². The Labute approximate surface area is 136 Å². The minimum Gasteiger partial charge on any atom is -0.378 e. The van der Waals surface area contributed by atoms with Crippen molar-refractivity contribution in [3.8, 4) is 0 Å². The number of para-hydroxylation sites is 1. The molecule has 23 heavy (non-hydrogen) atoms. The van der Waals surface area contributed by atoms with Crippen LogP contribution in [-0.4, -0.2) is 42.1 Å². The molecule has 5 nitrogen and oxygen atoms in total. The van der Waals surface area contributed by atoms with Crippen LogP contribution < -0.4 is 5.32 Å². The Morgan fingerprint density at radius 1 is 1.17 bits per heavy atom. The van der Waals surface area contributed by atoms with Crippen molar-refractivity contribution in [2.45, 2.75) is 13.8 Å². The lowest BCUT2D eigenvalue weighted by atomic mass is 10.1. The molecular formula is C18H21N3O2. The smallest absolute Gasteiger partial charge is 0.255 e. The number of benzene rings is 1. The summed E-state index contributed by atoms with van der Waals surface area (Å²) in [5.41, 5.74) is 4.81. The molecule has 2 aromatic rings. The van der Waals surface area contributed by atoms with Gasteiger partial charge in [-0.05, 0) is 31.0 Å². The van der Waals surface area contributed by atoms with E-state index in [4.69, 9.17) is 4.74 Å². The summed E-state index contributed by atoms with van der Waals surface area (Å²) < 4.78 is 5.29. The minimum atomic E-state index is 0.00551. The van der Waals surface area contributed by atoms with Gasteiger partial charge in [-0.1, -0.05) is 18.2 Å². The number of anilines is 2. The highest BCUT2D eigenvalue weighted by Gasteiger charge is 2.19. The maximum atomic E-state index is 12.5. The van der Waals surface area contributed by atoms with Crippen molar-refractivity contribution >= 4 is 17.3 Å². The first kappa shape index (κ1) is 15.5. The van der Waals surface area contributed by atoms with Gasteiger partial charge in [0.1, 0.15) is 0 Å². The molecule has 1 aromatic heterocycles. The van der Waals surface area contributed by atoms with E-state index in [-0.39, 0.29) is 5.91 Å². The maximum absolute atomic E-state index is 12.5. The zero-order valence-corrected chi connectivity index (χ0v) is 13.5. The Bertz CT molecular complexity index is 689. The van der Waals surface area contributed by atoms with Crippen LogP contribution in [0.4, 0.5) is 11.4 Å². The molecule has 1 aliphatic heterocycles. The second-order valence-corrected chi connectivity index (χ2v) is 5.76. The summed E-state index contributed by atoms with van der Waals surface area (Å²) >= 11 is 0. The highest BCUT2D eigenvalue weighted by Crippen LogP contribution is 2.24. The van der Waals surface area contributed by atoms with Crippen LogP contribution in [0.1, 0.15) is 21.5 Å². The Kier molecular flexibility index (Phi) is 4.57. The normalized spacial score (nSPS) is 14.6. The van der Waals surface area contributed by atoms with Crippen molar-refractivity contribution in [1.82, 2.24) is 9.88 Å². The zero-order chi connectivity index (χ0) is 16.2. The van der Waals surface area contributed by atoms with Gasteiger partial charge in [-0.3, -0.25) is 9.78 Å². The molecule has 0 atom stereocenters. The maximum Gasteiger partial charge on any atom is 0.255 e. The number of nitrogens with zero attached hydrogens (tertiary/aromatic N) is 2. The summed E-state index contributed by atoms with van der Waals surface area (Å²) in [6, 6.07) is 8.01. The molecule has 1 saturated heterocycles. The van der Waals surface area contributed by atoms with Crippen LogP contribution in [0.3, 0.4) is 0 Å². The summed E-state index contributed by atoms with van der Waals surface area (Å²) in [5.74, 6) is 0.00551. The fourth-order valence-corrected chi connectivity index (χ4v) is 2.73. The lowest BCUT2D eigenvalue weighted by molar-refractivity contribution is 0.0302. The average molecular weight is 311 g/mol. The Hall–Kier alpha value is -2.40. The first-order chi connectivity index (χ1) is 11.1. The van der Waals surface area contributed by atoms with Gasteiger partial charge in [0.2, 0.25) is 0 Å². The summed E-state index contributed by atoms with van der Waals surface area (Å²) in [7, 11) is 0. The molecule has 1 aliphatic rings. The average Bonchev–Trinajstić information content (AvgIpc) is 2.59. The predicted octanol–water partition coefficient (Wildman–Crippen LogP) is 2.91. The number of aromatic nitrogens is 1. The van der Waals surface area contributed by atoms with Gasteiger partial charge in [0.15, 0.2) is 0 Å². The van der Waals surface area contributed by atoms with Gasteiger partial charge in [0.05, 0.1) is 30.7 Å². The highest BCUT2D eigenvalue weighted by molar-refractivity contribution is 5.95. The number of hydrogen-bond acceptors (Lipinski definition) is 4. The van der Waals surface area contributed by atoms with Crippen LogP contribution in [0.25, 0.3) is 0 Å². The molecule has 0 unspecified atom stereocenters. The molecule has 0 radical (unpaired) electrons. The molecule has 1 aromatic carbocycles. The third-order valence-corrected chi connectivity index (χ3v) is 4.03. The molecule has 0 saturated carbocycles. The van der Waals surface area contributed by atoms with Crippen LogP contribution in [0.5, 0.6) is 0 Å². The van der Waals surface area contributed by atoms with Crippen LogP contribution in [0.2, 0.25) is 0 Å². The SMILES string of the molecule is Cc1cccc(C)c1Nc1cncc(C(=O)N2CCOCC2)c1. The fraction of sp³-hybridized carbons (Fsp3) is 0.333. The van der Waals surface area contributed by atoms with E-state index in [2.05, 4.69) is 36.3 Å². The molecular weight excluding hydrogens is 290 g/mol. The standard InChI is InChI=1S/C18H21N3O2/c1-13-4-3-5-14(2)17(13)20-16-10-15(11-19-12-16)18(22)21-6-8-23-9-7-21/h3-5,10-12,20H,6-9H2,1-2H3. The molecule has 120 valence electrons. The summed E-state index contributed by atoms with van der Waals surface area (Å²) in [6.45, 7) is 6.58. The van der Waals surface area contributed by atoms with Gasteiger partial charge in [-0.25, -0.2) is 0 Å². The number of nitrogens with one attached hydrogen (secondary N) is 1. The number of rotatable bonds is 3. The molecule has 0 aliphatic carbocycles. The van der Waals surface area contributed by atoms with E-state index in [9.17, 15) is 4.79 Å². The summed E-state index contributed by atoms with van der Waals surface area (Å²) in [4.78, 5) is 18.6. The lowest BCUT2D eigenvalue weighted by Gasteiger charge is -2.26. The molecule has 0 bridgehead atoms. The lowest BCUT2D eigenvalue weighted by Crippen LogP contribution is -2.40. The Balaban J connectivity index is 1.81. The van der Waals surface area contributed by atoms with Crippen LogP contribution in [0.15, 0.2) is 36.7 Å². The van der Waals surface area contributed by atoms with E-state index in [1.165, 1.54) is 0 Å². The van der Waals surface area contributed by atoms with Gasteiger partial charge < -0.3 is 15.0 Å². The second kappa shape index (κ2) is 6.79. The molecule has 1 fully saturated rings. The van der Waals surface area contributed by atoms with E-state index in [1.54, 1.807) is 12.4 Å². The van der Waals surface area contributed by atoms with Crippen molar-refractivity contribution in [2.75, 3.05) is 31.6 Å². The molecule has 3 rings (SSSR count). The third-order valence-electron chi connectivity index (χ3n) is 4.03. The summed E-state index contributed by atoms with van der Waals surface area (Å²) in [5, 5.41) is 3.38. The Morgan fingerprint density at radius 3 is 2.57 bits per heavy atom. The van der Waals surface area contributed by atoms with Gasteiger partial charge in [-0.15, -0.1) is 0 Å². The van der Waals surface area contributed by atoms with E-state index in [1.807, 2.05) is 17.0 Å². The second-order valence-electron chi connectivity index (χ2n) is 5.76. The minimum absolute atomic E-state index is 0.00551. The quantitative estimate of drug-likeness (QED) is 0.947. The molecule has 1 amide bonds. The van der Waals surface area contributed by atoms with Crippen molar-refractivity contribution in [1.29, 1.82) is 0 Å². The number of carbonyl (C=O) groups excluding carboxylic acids is 1. The topological polar surface area (TPSA) is 54.5 Å².